The Morgan fingerprint density at radius 2 is 2.00 bits per heavy atom. The smallest absolute Gasteiger partial charge is 0.100 e. The quantitative estimate of drug-likeness (QED) is 0.673. The zero-order chi connectivity index (χ0) is 13.8. The lowest BCUT2D eigenvalue weighted by atomic mass is 10.2. The predicted octanol–water partition coefficient (Wildman–Crippen LogP) is 4.44. The number of rotatable bonds is 3. The molecule has 3 nitrogen and oxygen atoms in total. The van der Waals surface area contributed by atoms with Crippen LogP contribution in [0.15, 0.2) is 40.5 Å². The maximum absolute atomic E-state index is 6.16. The number of aromatic nitrogens is 1. The molecule has 2 N–H and O–H groups in total. The summed E-state index contributed by atoms with van der Waals surface area (Å²) in [6.45, 7) is 0. The summed E-state index contributed by atoms with van der Waals surface area (Å²) in [6, 6.07) is 5.37. The Bertz CT molecular complexity index is 606. The van der Waals surface area contributed by atoms with Crippen LogP contribution < -0.4 is 5.73 Å². The van der Waals surface area contributed by atoms with E-state index < -0.39 is 0 Å². The summed E-state index contributed by atoms with van der Waals surface area (Å²) in [5, 5.41) is 1.02. The van der Waals surface area contributed by atoms with Crippen molar-refractivity contribution in [3.05, 3.63) is 46.2 Å². The van der Waals surface area contributed by atoms with Gasteiger partial charge in [0, 0.05) is 34.8 Å². The van der Waals surface area contributed by atoms with Gasteiger partial charge in [0.1, 0.15) is 5.69 Å². The first-order valence-corrected chi connectivity index (χ1v) is 7.36. The van der Waals surface area contributed by atoms with Gasteiger partial charge in [-0.25, -0.2) is 0 Å². The average Bonchev–Trinajstić information content (AvgIpc) is 2.39. The fraction of sp³-hybridized carbons (Fsp3) is 0.0769. The van der Waals surface area contributed by atoms with Gasteiger partial charge in [0.15, 0.2) is 0 Å². The zero-order valence-corrected chi connectivity index (χ0v) is 12.4. The summed E-state index contributed by atoms with van der Waals surface area (Å²) in [6.07, 6.45) is 6.83. The molecule has 0 atom stereocenters. The van der Waals surface area contributed by atoms with Crippen molar-refractivity contribution in [2.75, 3.05) is 12.0 Å². The van der Waals surface area contributed by atoms with Crippen molar-refractivity contribution >= 4 is 52.6 Å². The highest BCUT2D eigenvalue weighted by molar-refractivity contribution is 7.98. The third kappa shape index (κ3) is 3.41. The van der Waals surface area contributed by atoms with E-state index in [1.165, 1.54) is 0 Å². The van der Waals surface area contributed by atoms with E-state index in [2.05, 4.69) is 9.98 Å². The molecule has 0 aliphatic carbocycles. The first-order chi connectivity index (χ1) is 9.11. The van der Waals surface area contributed by atoms with E-state index in [9.17, 15) is 0 Å². The number of thioether (sulfide) groups is 1. The first-order valence-electron chi connectivity index (χ1n) is 5.38. The topological polar surface area (TPSA) is 51.3 Å². The summed E-state index contributed by atoms with van der Waals surface area (Å²) in [5.41, 5.74) is 7.67. The van der Waals surface area contributed by atoms with Crippen molar-refractivity contribution in [1.29, 1.82) is 0 Å². The summed E-state index contributed by atoms with van der Waals surface area (Å²) in [4.78, 5) is 9.28. The molecule has 0 saturated heterocycles. The van der Waals surface area contributed by atoms with Crippen LogP contribution in [0.1, 0.15) is 5.56 Å². The number of anilines is 1. The molecule has 0 saturated carbocycles. The van der Waals surface area contributed by atoms with Crippen LogP contribution in [0.25, 0.3) is 0 Å². The van der Waals surface area contributed by atoms with E-state index >= 15 is 0 Å². The van der Waals surface area contributed by atoms with Crippen molar-refractivity contribution in [2.45, 2.75) is 4.90 Å². The Morgan fingerprint density at radius 3 is 2.58 bits per heavy atom. The van der Waals surface area contributed by atoms with Gasteiger partial charge in [0.25, 0.3) is 0 Å². The minimum Gasteiger partial charge on any atom is -0.398 e. The number of aliphatic imine (C=N–C) groups is 1. The molecule has 2 rings (SSSR count). The SMILES string of the molecule is CSc1cc(Cl)c(N=Cc2cnccc2N)c(Cl)c1. The lowest BCUT2D eigenvalue weighted by Gasteiger charge is -2.04. The van der Waals surface area contributed by atoms with Crippen LogP contribution in [0.2, 0.25) is 10.0 Å². The molecule has 1 aromatic carbocycles. The van der Waals surface area contributed by atoms with Crippen molar-refractivity contribution in [1.82, 2.24) is 4.98 Å². The molecule has 0 spiro atoms. The number of pyridine rings is 1. The summed E-state index contributed by atoms with van der Waals surface area (Å²) < 4.78 is 0. The molecule has 1 heterocycles. The zero-order valence-electron chi connectivity index (χ0n) is 10.1. The Morgan fingerprint density at radius 1 is 1.32 bits per heavy atom. The molecule has 6 heteroatoms. The van der Waals surface area contributed by atoms with Crippen molar-refractivity contribution in [3.63, 3.8) is 0 Å². The lowest BCUT2D eigenvalue weighted by Crippen LogP contribution is -1.93. The number of nitrogens with two attached hydrogens (primary N) is 1. The van der Waals surface area contributed by atoms with Crippen molar-refractivity contribution in [2.24, 2.45) is 4.99 Å². The highest BCUT2D eigenvalue weighted by Crippen LogP contribution is 2.36. The predicted molar refractivity (Wildman–Crippen MR) is 84.1 cm³/mol. The van der Waals surface area contributed by atoms with E-state index in [1.807, 2.05) is 18.4 Å². The molecule has 0 amide bonds. The van der Waals surface area contributed by atoms with Crippen LogP contribution in [-0.2, 0) is 0 Å². The monoisotopic (exact) mass is 311 g/mol. The molecule has 0 aliphatic heterocycles. The molecule has 1 aromatic heterocycles. The summed E-state index contributed by atoms with van der Waals surface area (Å²) in [5.74, 6) is 0. The molecule has 2 aromatic rings. The van der Waals surface area contributed by atoms with E-state index in [-0.39, 0.29) is 0 Å². The molecule has 0 fully saturated rings. The number of benzene rings is 1. The number of halogens is 2. The molecule has 19 heavy (non-hydrogen) atoms. The lowest BCUT2D eigenvalue weighted by molar-refractivity contribution is 1.32. The van der Waals surface area contributed by atoms with E-state index in [4.69, 9.17) is 28.9 Å². The number of hydrogen-bond donors (Lipinski definition) is 1. The van der Waals surface area contributed by atoms with Crippen LogP contribution in [-0.4, -0.2) is 17.5 Å². The van der Waals surface area contributed by atoms with Gasteiger partial charge in [0.05, 0.1) is 10.0 Å². The molecular weight excluding hydrogens is 301 g/mol. The second-order valence-electron chi connectivity index (χ2n) is 3.70. The Hall–Kier alpha value is -1.23. The second-order valence-corrected chi connectivity index (χ2v) is 5.40. The summed E-state index contributed by atoms with van der Waals surface area (Å²) >= 11 is 13.9. The third-order valence-electron chi connectivity index (χ3n) is 2.45. The third-order valence-corrected chi connectivity index (χ3v) is 3.73. The van der Waals surface area contributed by atoms with Crippen LogP contribution in [0, 0.1) is 0 Å². The summed E-state index contributed by atoms with van der Waals surface area (Å²) in [7, 11) is 0. The van der Waals surface area contributed by atoms with Gasteiger partial charge in [-0.1, -0.05) is 23.2 Å². The maximum atomic E-state index is 6.16. The molecule has 98 valence electrons. The molecule has 0 unspecified atom stereocenters. The van der Waals surface area contributed by atoms with Gasteiger partial charge < -0.3 is 5.73 Å². The van der Waals surface area contributed by atoms with E-state index in [0.717, 1.165) is 10.5 Å². The van der Waals surface area contributed by atoms with E-state index in [1.54, 1.807) is 36.4 Å². The van der Waals surface area contributed by atoms with Gasteiger partial charge in [-0.3, -0.25) is 9.98 Å². The molecular formula is C13H11Cl2N3S. The van der Waals surface area contributed by atoms with Gasteiger partial charge >= 0.3 is 0 Å². The van der Waals surface area contributed by atoms with E-state index in [0.29, 0.717) is 21.4 Å². The van der Waals surface area contributed by atoms with Gasteiger partial charge in [-0.05, 0) is 24.5 Å². The standard InChI is InChI=1S/C13H11Cl2N3S/c1-19-9-4-10(14)13(11(15)5-9)18-7-8-6-17-3-2-12(8)16/h2-7H,1H3,(H2,16,17). The van der Waals surface area contributed by atoms with Gasteiger partial charge in [-0.15, -0.1) is 11.8 Å². The van der Waals surface area contributed by atoms with Crippen molar-refractivity contribution < 1.29 is 0 Å². The average molecular weight is 312 g/mol. The largest absolute Gasteiger partial charge is 0.398 e. The minimum atomic E-state index is 0.510. The van der Waals surface area contributed by atoms with Crippen molar-refractivity contribution in [3.8, 4) is 0 Å². The number of nitrogen functional groups attached to an aromatic ring is 1. The Labute approximate surface area is 125 Å². The number of nitrogens with zero attached hydrogens (tertiary/aromatic N) is 2. The van der Waals surface area contributed by atoms with Gasteiger partial charge in [-0.2, -0.15) is 0 Å². The fourth-order valence-electron chi connectivity index (χ4n) is 1.44. The fourth-order valence-corrected chi connectivity index (χ4v) is 2.63. The molecule has 0 bridgehead atoms. The first kappa shape index (κ1) is 14.2. The number of hydrogen-bond acceptors (Lipinski definition) is 4. The second kappa shape index (κ2) is 6.28. The highest BCUT2D eigenvalue weighted by atomic mass is 35.5. The van der Waals surface area contributed by atoms with Crippen LogP contribution in [0.5, 0.6) is 0 Å². The maximum Gasteiger partial charge on any atom is 0.100 e. The minimum absolute atomic E-state index is 0.510. The molecule has 0 aliphatic rings. The normalized spacial score (nSPS) is 11.1. The van der Waals surface area contributed by atoms with Gasteiger partial charge in [0.2, 0.25) is 0 Å². The van der Waals surface area contributed by atoms with Crippen LogP contribution in [0.4, 0.5) is 11.4 Å². The Kier molecular flexibility index (Phi) is 4.69. The van der Waals surface area contributed by atoms with Crippen LogP contribution >= 0.6 is 35.0 Å². The highest BCUT2D eigenvalue weighted by Gasteiger charge is 2.07. The molecule has 0 radical (unpaired) electrons. The Balaban J connectivity index is 2.36. The van der Waals surface area contributed by atoms with Crippen LogP contribution in [0.3, 0.4) is 0 Å².